The number of rotatable bonds is 6. The van der Waals surface area contributed by atoms with Crippen LogP contribution in [0.3, 0.4) is 0 Å². The van der Waals surface area contributed by atoms with Gasteiger partial charge in [-0.3, -0.25) is 19.7 Å². The molecule has 34 heavy (non-hydrogen) atoms. The van der Waals surface area contributed by atoms with Gasteiger partial charge in [-0.05, 0) is 41.3 Å². The van der Waals surface area contributed by atoms with Gasteiger partial charge in [-0.1, -0.05) is 44.5 Å². The lowest BCUT2D eigenvalue weighted by Gasteiger charge is -2.30. The van der Waals surface area contributed by atoms with E-state index >= 15 is 0 Å². The summed E-state index contributed by atoms with van der Waals surface area (Å²) in [6, 6.07) is 9.87. The van der Waals surface area contributed by atoms with Crippen LogP contribution in [0.1, 0.15) is 43.9 Å². The Morgan fingerprint density at radius 1 is 1.18 bits per heavy atom. The Kier molecular flexibility index (Phi) is 7.28. The largest absolute Gasteiger partial charge is 0.496 e. The maximum absolute atomic E-state index is 12.5. The number of carbonyl (C=O) groups is 2. The lowest BCUT2D eigenvalue weighted by Crippen LogP contribution is -2.49. The molecule has 10 heteroatoms. The number of imide groups is 1. The summed E-state index contributed by atoms with van der Waals surface area (Å²) in [5, 5.41) is 2.75. The van der Waals surface area contributed by atoms with Crippen molar-refractivity contribution in [1.82, 2.24) is 5.32 Å². The summed E-state index contributed by atoms with van der Waals surface area (Å²) in [4.78, 5) is 25.6. The number of ether oxygens (including phenoxy) is 1. The van der Waals surface area contributed by atoms with Gasteiger partial charge in [0.1, 0.15) is 5.75 Å². The molecule has 182 valence electrons. The molecule has 2 aromatic carbocycles. The number of benzene rings is 2. The Morgan fingerprint density at radius 3 is 2.35 bits per heavy atom. The van der Waals surface area contributed by atoms with E-state index in [2.05, 4.69) is 10.0 Å². The van der Waals surface area contributed by atoms with Crippen LogP contribution < -0.4 is 19.7 Å². The first-order valence-electron chi connectivity index (χ1n) is 10.6. The molecule has 0 aliphatic carbocycles. The van der Waals surface area contributed by atoms with E-state index in [1.54, 1.807) is 43.5 Å². The van der Waals surface area contributed by atoms with E-state index in [0.717, 1.165) is 11.8 Å². The molecule has 0 saturated carbocycles. The number of nitrogens with one attached hydrogen (secondary N) is 2. The van der Waals surface area contributed by atoms with Crippen molar-refractivity contribution >= 4 is 56.0 Å². The highest BCUT2D eigenvalue weighted by Crippen LogP contribution is 2.40. The third kappa shape index (κ3) is 6.09. The number of amides is 3. The molecule has 0 radical (unpaired) electrons. The molecule has 1 saturated heterocycles. The summed E-state index contributed by atoms with van der Waals surface area (Å²) in [7, 11) is -1.81. The SMILES string of the molecule is COc1c(/C=C(\Cl)c2ccc(NS(C)(=O)=O)cc2)cc(N2CCC(=O)NC2=O)cc1C(C)(C)C. The third-order valence-electron chi connectivity index (χ3n) is 5.23. The second-order valence-electron chi connectivity index (χ2n) is 9.06. The van der Waals surface area contributed by atoms with Gasteiger partial charge in [-0.2, -0.15) is 0 Å². The molecule has 2 aromatic rings. The summed E-state index contributed by atoms with van der Waals surface area (Å²) < 4.78 is 31.0. The van der Waals surface area contributed by atoms with Gasteiger partial charge in [0.2, 0.25) is 15.9 Å². The highest BCUT2D eigenvalue weighted by Gasteiger charge is 2.28. The topological polar surface area (TPSA) is 105 Å². The third-order valence-corrected chi connectivity index (χ3v) is 6.16. The van der Waals surface area contributed by atoms with Crippen molar-refractivity contribution in [3.05, 3.63) is 53.1 Å². The lowest BCUT2D eigenvalue weighted by molar-refractivity contribution is -0.120. The molecule has 3 amide bonds. The second kappa shape index (κ2) is 9.68. The molecule has 8 nitrogen and oxygen atoms in total. The average molecular weight is 506 g/mol. The summed E-state index contributed by atoms with van der Waals surface area (Å²) in [5.74, 6) is 0.320. The first-order valence-corrected chi connectivity index (χ1v) is 12.8. The van der Waals surface area contributed by atoms with Crippen molar-refractivity contribution in [2.45, 2.75) is 32.6 Å². The number of hydrogen-bond acceptors (Lipinski definition) is 5. The standard InChI is InChI=1S/C24H28ClN3O5S/c1-24(2,3)19-14-18(28-11-10-21(29)26-23(28)30)12-16(22(19)33-4)13-20(25)15-6-8-17(9-7-15)27-34(5,31)32/h6-9,12-14,27H,10-11H2,1-5H3,(H,26,29,30)/b20-13-. The summed E-state index contributed by atoms with van der Waals surface area (Å²) in [6.45, 7) is 6.39. The molecule has 1 fully saturated rings. The Bertz CT molecular complexity index is 1250. The Balaban J connectivity index is 2.07. The van der Waals surface area contributed by atoms with Crippen LogP contribution in [-0.2, 0) is 20.2 Å². The van der Waals surface area contributed by atoms with Crippen LogP contribution >= 0.6 is 11.6 Å². The van der Waals surface area contributed by atoms with Gasteiger partial charge in [-0.15, -0.1) is 0 Å². The minimum Gasteiger partial charge on any atom is -0.496 e. The Labute approximate surface area is 205 Å². The molecule has 0 spiro atoms. The maximum Gasteiger partial charge on any atom is 0.328 e. The quantitative estimate of drug-likeness (QED) is 0.560. The first-order chi connectivity index (χ1) is 15.8. The number of anilines is 2. The fraction of sp³-hybridized carbons (Fsp3) is 0.333. The monoisotopic (exact) mass is 505 g/mol. The number of urea groups is 1. The van der Waals surface area contributed by atoms with Crippen molar-refractivity contribution in [1.29, 1.82) is 0 Å². The zero-order chi connectivity index (χ0) is 25.3. The van der Waals surface area contributed by atoms with Gasteiger partial charge < -0.3 is 4.74 Å². The fourth-order valence-corrected chi connectivity index (χ4v) is 4.43. The molecular formula is C24H28ClN3O5S. The normalized spacial score (nSPS) is 15.2. The molecule has 2 N–H and O–H groups in total. The number of sulfonamides is 1. The highest BCUT2D eigenvalue weighted by molar-refractivity contribution is 7.92. The molecule has 0 unspecified atom stereocenters. The van der Waals surface area contributed by atoms with E-state index in [-0.39, 0.29) is 24.3 Å². The zero-order valence-electron chi connectivity index (χ0n) is 19.7. The van der Waals surface area contributed by atoms with Crippen LogP contribution in [0.25, 0.3) is 11.1 Å². The van der Waals surface area contributed by atoms with Crippen LogP contribution in [0.15, 0.2) is 36.4 Å². The minimum atomic E-state index is -3.38. The van der Waals surface area contributed by atoms with E-state index < -0.39 is 16.1 Å². The van der Waals surface area contributed by atoms with E-state index in [9.17, 15) is 18.0 Å². The molecule has 1 aliphatic heterocycles. The maximum atomic E-state index is 12.5. The van der Waals surface area contributed by atoms with Crippen LogP contribution in [-0.4, -0.2) is 40.3 Å². The smallest absolute Gasteiger partial charge is 0.328 e. The molecule has 1 aliphatic rings. The Hall–Kier alpha value is -3.04. The van der Waals surface area contributed by atoms with E-state index in [1.165, 1.54) is 4.90 Å². The lowest BCUT2D eigenvalue weighted by atomic mass is 9.84. The van der Waals surface area contributed by atoms with Crippen LogP contribution in [0.4, 0.5) is 16.2 Å². The van der Waals surface area contributed by atoms with Gasteiger partial charge in [0.25, 0.3) is 0 Å². The number of nitrogens with zero attached hydrogens (tertiary/aromatic N) is 1. The van der Waals surface area contributed by atoms with E-state index in [0.29, 0.717) is 33.3 Å². The predicted molar refractivity (Wildman–Crippen MR) is 136 cm³/mol. The van der Waals surface area contributed by atoms with Crippen molar-refractivity contribution in [2.75, 3.05) is 29.5 Å². The fourth-order valence-electron chi connectivity index (χ4n) is 3.63. The van der Waals surface area contributed by atoms with Crippen molar-refractivity contribution in [3.8, 4) is 5.75 Å². The molecule has 0 aromatic heterocycles. The van der Waals surface area contributed by atoms with Gasteiger partial charge in [0.05, 0.1) is 13.4 Å². The minimum absolute atomic E-state index is 0.211. The van der Waals surface area contributed by atoms with E-state index in [4.69, 9.17) is 16.3 Å². The number of methoxy groups -OCH3 is 1. The number of carbonyl (C=O) groups excluding carboxylic acids is 2. The molecule has 0 bridgehead atoms. The van der Waals surface area contributed by atoms with Crippen molar-refractivity contribution in [2.24, 2.45) is 0 Å². The molecule has 0 atom stereocenters. The highest BCUT2D eigenvalue weighted by atomic mass is 35.5. The molecular weight excluding hydrogens is 478 g/mol. The molecule has 1 heterocycles. The van der Waals surface area contributed by atoms with Gasteiger partial charge >= 0.3 is 6.03 Å². The average Bonchev–Trinajstić information content (AvgIpc) is 2.72. The summed E-state index contributed by atoms with van der Waals surface area (Å²) >= 11 is 6.64. The van der Waals surface area contributed by atoms with E-state index in [1.807, 2.05) is 26.8 Å². The van der Waals surface area contributed by atoms with Crippen molar-refractivity contribution in [3.63, 3.8) is 0 Å². The van der Waals surface area contributed by atoms with Crippen LogP contribution in [0, 0.1) is 0 Å². The zero-order valence-corrected chi connectivity index (χ0v) is 21.3. The van der Waals surface area contributed by atoms with Crippen LogP contribution in [0.2, 0.25) is 0 Å². The van der Waals surface area contributed by atoms with Gasteiger partial charge in [0, 0.05) is 40.5 Å². The summed E-state index contributed by atoms with van der Waals surface area (Å²) in [6.07, 6.45) is 3.03. The number of hydrogen-bond donors (Lipinski definition) is 2. The van der Waals surface area contributed by atoms with Gasteiger partial charge in [-0.25, -0.2) is 13.2 Å². The van der Waals surface area contributed by atoms with Crippen LogP contribution in [0.5, 0.6) is 5.75 Å². The Morgan fingerprint density at radius 2 is 1.82 bits per heavy atom. The predicted octanol–water partition coefficient (Wildman–Crippen LogP) is 4.55. The first kappa shape index (κ1) is 25.6. The van der Waals surface area contributed by atoms with Crippen molar-refractivity contribution < 1.29 is 22.7 Å². The second-order valence-corrected chi connectivity index (χ2v) is 11.2. The number of halogens is 1. The molecule has 3 rings (SSSR count). The summed E-state index contributed by atoms with van der Waals surface area (Å²) in [5.41, 5.74) is 2.96. The van der Waals surface area contributed by atoms with Gasteiger partial charge in [0.15, 0.2) is 0 Å².